The molecule has 4 nitrogen and oxygen atoms in total. The molecule has 232 valence electrons. The van der Waals surface area contributed by atoms with E-state index in [1.165, 1.54) is 0 Å². The summed E-state index contributed by atoms with van der Waals surface area (Å²) in [6.07, 6.45) is 8.47. The molecule has 0 unspecified atom stereocenters. The van der Waals surface area contributed by atoms with Crippen LogP contribution < -0.4 is 0 Å². The molecule has 0 fully saturated rings. The van der Waals surface area contributed by atoms with E-state index in [1.807, 2.05) is 30.3 Å². The van der Waals surface area contributed by atoms with Gasteiger partial charge in [0.25, 0.3) is 0 Å². The van der Waals surface area contributed by atoms with Crippen LogP contribution in [-0.4, -0.2) is 19.9 Å². The maximum Gasteiger partial charge on any atom is 0.0737 e. The Bertz CT molecular complexity index is 2540. The fourth-order valence-electron chi connectivity index (χ4n) is 6.85. The molecule has 2 N–H and O–H groups in total. The fraction of sp³-hybridized carbons (Fsp3) is 0. The molecule has 7 aromatic rings. The minimum absolute atomic E-state index is 0.688. The number of nitrogens with zero attached hydrogens (tertiary/aromatic N) is 2. The molecule has 9 rings (SSSR count). The number of fused-ring (bicyclic) bond motifs is 8. The predicted molar refractivity (Wildman–Crippen MR) is 206 cm³/mol. The van der Waals surface area contributed by atoms with Crippen molar-refractivity contribution < 1.29 is 0 Å². The van der Waals surface area contributed by atoms with Crippen LogP contribution >= 0.6 is 11.6 Å². The van der Waals surface area contributed by atoms with Crippen molar-refractivity contribution in [1.29, 1.82) is 0 Å². The van der Waals surface area contributed by atoms with E-state index in [0.29, 0.717) is 5.02 Å². The Morgan fingerprint density at radius 3 is 0.918 bits per heavy atom. The lowest BCUT2D eigenvalue weighted by atomic mass is 10.0. The summed E-state index contributed by atoms with van der Waals surface area (Å²) in [7, 11) is 0. The number of rotatable bonds is 4. The third kappa shape index (κ3) is 5.29. The highest BCUT2D eigenvalue weighted by Crippen LogP contribution is 2.38. The van der Waals surface area contributed by atoms with Gasteiger partial charge in [-0.25, -0.2) is 9.97 Å². The average molecular weight is 649 g/mol. The number of hydrogen-bond acceptors (Lipinski definition) is 2. The lowest BCUT2D eigenvalue weighted by Crippen LogP contribution is -1.89. The second-order valence-electron chi connectivity index (χ2n) is 12.1. The first-order valence-electron chi connectivity index (χ1n) is 16.3. The molecule has 4 aromatic carbocycles. The molecule has 8 bridgehead atoms. The van der Waals surface area contributed by atoms with Crippen LogP contribution in [0, 0.1) is 0 Å². The second-order valence-corrected chi connectivity index (χ2v) is 12.5. The van der Waals surface area contributed by atoms with Gasteiger partial charge in [0.2, 0.25) is 0 Å². The first-order valence-corrected chi connectivity index (χ1v) is 16.7. The normalized spacial score (nSPS) is 12.0. The zero-order valence-electron chi connectivity index (χ0n) is 26.4. The lowest BCUT2D eigenvalue weighted by molar-refractivity contribution is 1.31. The van der Waals surface area contributed by atoms with Gasteiger partial charge in [0.15, 0.2) is 0 Å². The smallest absolute Gasteiger partial charge is 0.0737 e. The zero-order chi connectivity index (χ0) is 32.7. The molecule has 0 saturated carbocycles. The van der Waals surface area contributed by atoms with Gasteiger partial charge in [-0.3, -0.25) is 0 Å². The molecular weight excluding hydrogens is 620 g/mol. The summed E-state index contributed by atoms with van der Waals surface area (Å²) in [6.45, 7) is 0. The summed E-state index contributed by atoms with van der Waals surface area (Å²) >= 11 is 6.36. The summed E-state index contributed by atoms with van der Waals surface area (Å²) in [6, 6.07) is 47.9. The van der Waals surface area contributed by atoms with Gasteiger partial charge in [0, 0.05) is 49.3 Å². The van der Waals surface area contributed by atoms with Crippen molar-refractivity contribution in [1.82, 2.24) is 19.9 Å². The molecule has 5 heterocycles. The molecule has 2 aliphatic heterocycles. The second kappa shape index (κ2) is 12.1. The van der Waals surface area contributed by atoms with Crippen LogP contribution in [0.25, 0.3) is 90.9 Å². The quantitative estimate of drug-likeness (QED) is 0.199. The maximum atomic E-state index is 6.36. The summed E-state index contributed by atoms with van der Waals surface area (Å²) in [5.41, 5.74) is 15.7. The number of nitrogens with one attached hydrogen (secondary N) is 2. The topological polar surface area (TPSA) is 57.4 Å². The molecule has 0 radical (unpaired) electrons. The molecular formula is C44H29ClN4. The summed E-state index contributed by atoms with van der Waals surface area (Å²) in [5.74, 6) is 0. The van der Waals surface area contributed by atoms with Gasteiger partial charge in [-0.15, -0.1) is 0 Å². The van der Waals surface area contributed by atoms with Crippen molar-refractivity contribution in [3.8, 4) is 44.5 Å². The molecule has 0 atom stereocenters. The fourth-order valence-corrected chi connectivity index (χ4v) is 6.98. The zero-order valence-corrected chi connectivity index (χ0v) is 27.1. The summed E-state index contributed by atoms with van der Waals surface area (Å²) in [5, 5.41) is 0.688. The van der Waals surface area contributed by atoms with Crippen molar-refractivity contribution in [3.05, 3.63) is 167 Å². The number of aromatic nitrogens is 4. The number of benzene rings is 4. The van der Waals surface area contributed by atoms with Crippen molar-refractivity contribution in [2.45, 2.75) is 0 Å². The van der Waals surface area contributed by atoms with Crippen molar-refractivity contribution in [3.63, 3.8) is 0 Å². The Morgan fingerprint density at radius 2 is 0.612 bits per heavy atom. The SMILES string of the molecule is Clc1ccc(-c2c3nc(c(-c4ccccc4)c4ccc([nH]4)c(-c4ccccc4)c4nc(c(-c5ccccc5)c5ccc2[nH]5)C=C4)C=C3)cc1. The maximum absolute atomic E-state index is 6.36. The molecule has 0 saturated heterocycles. The number of hydrogen-bond donors (Lipinski definition) is 2. The van der Waals surface area contributed by atoms with E-state index in [1.54, 1.807) is 0 Å². The van der Waals surface area contributed by atoms with Gasteiger partial charge in [-0.1, -0.05) is 115 Å². The van der Waals surface area contributed by atoms with Crippen molar-refractivity contribution in [2.75, 3.05) is 0 Å². The monoisotopic (exact) mass is 648 g/mol. The average Bonchev–Trinajstić information content (AvgIpc) is 3.98. The molecule has 0 aliphatic carbocycles. The Hall–Kier alpha value is -6.23. The Kier molecular flexibility index (Phi) is 7.15. The van der Waals surface area contributed by atoms with Crippen LogP contribution in [0.1, 0.15) is 22.8 Å². The van der Waals surface area contributed by atoms with E-state index >= 15 is 0 Å². The standard InChI is InChI=1S/C44H29ClN4/c45-32-18-16-31(17-19-32)44-39-26-24-37(48-39)42(29-12-6-2-7-13-29)35-22-20-33(46-35)41(28-10-4-1-5-11-28)34-21-23-36(47-34)43(30-14-8-3-9-15-30)38-25-27-40(44)49-38/h1-27,46,49H. The van der Waals surface area contributed by atoms with E-state index in [0.717, 1.165) is 89.4 Å². The predicted octanol–water partition coefficient (Wildman–Crippen LogP) is 12.0. The number of aromatic amines is 2. The van der Waals surface area contributed by atoms with Crippen LogP contribution in [0.5, 0.6) is 0 Å². The first-order chi connectivity index (χ1) is 24.2. The molecule has 3 aromatic heterocycles. The first kappa shape index (κ1) is 29.0. The Labute approximate surface area is 288 Å². The highest BCUT2D eigenvalue weighted by Gasteiger charge is 2.18. The molecule has 5 heteroatoms. The van der Waals surface area contributed by atoms with Gasteiger partial charge in [-0.2, -0.15) is 0 Å². The van der Waals surface area contributed by atoms with E-state index < -0.39 is 0 Å². The molecule has 0 amide bonds. The van der Waals surface area contributed by atoms with Crippen LogP contribution in [0.15, 0.2) is 140 Å². The highest BCUT2D eigenvalue weighted by molar-refractivity contribution is 6.30. The van der Waals surface area contributed by atoms with E-state index in [4.69, 9.17) is 21.6 Å². The number of halogens is 1. The molecule has 0 spiro atoms. The van der Waals surface area contributed by atoms with Crippen LogP contribution in [0.3, 0.4) is 0 Å². The van der Waals surface area contributed by atoms with Crippen LogP contribution in [-0.2, 0) is 0 Å². The highest BCUT2D eigenvalue weighted by atomic mass is 35.5. The summed E-state index contributed by atoms with van der Waals surface area (Å²) in [4.78, 5) is 18.3. The van der Waals surface area contributed by atoms with Gasteiger partial charge in [0.1, 0.15) is 0 Å². The molecule has 49 heavy (non-hydrogen) atoms. The van der Waals surface area contributed by atoms with Gasteiger partial charge < -0.3 is 9.97 Å². The minimum Gasteiger partial charge on any atom is -0.354 e. The number of H-pyrrole nitrogens is 2. The third-order valence-corrected chi connectivity index (χ3v) is 9.33. The third-order valence-electron chi connectivity index (χ3n) is 9.07. The van der Waals surface area contributed by atoms with Crippen molar-refractivity contribution in [2.24, 2.45) is 0 Å². The Morgan fingerprint density at radius 1 is 0.327 bits per heavy atom. The van der Waals surface area contributed by atoms with Gasteiger partial charge in [0.05, 0.1) is 22.8 Å². The Balaban J connectivity index is 1.48. The van der Waals surface area contributed by atoms with Gasteiger partial charge in [-0.05, 0) is 83.0 Å². The summed E-state index contributed by atoms with van der Waals surface area (Å²) < 4.78 is 0. The van der Waals surface area contributed by atoms with E-state index in [-0.39, 0.29) is 0 Å². The lowest BCUT2D eigenvalue weighted by Gasteiger charge is -2.07. The van der Waals surface area contributed by atoms with Crippen LogP contribution in [0.4, 0.5) is 0 Å². The van der Waals surface area contributed by atoms with E-state index in [9.17, 15) is 0 Å². The van der Waals surface area contributed by atoms with Crippen molar-refractivity contribution >= 4 is 58.0 Å². The largest absolute Gasteiger partial charge is 0.354 e. The minimum atomic E-state index is 0.688. The van der Waals surface area contributed by atoms with Crippen LogP contribution in [0.2, 0.25) is 5.02 Å². The van der Waals surface area contributed by atoms with Gasteiger partial charge >= 0.3 is 0 Å². The van der Waals surface area contributed by atoms with E-state index in [2.05, 4.69) is 143 Å². The molecule has 2 aliphatic rings.